The van der Waals surface area contributed by atoms with Crippen LogP contribution in [0, 0.1) is 34.0 Å². The third-order valence-electron chi connectivity index (χ3n) is 8.41. The smallest absolute Gasteiger partial charge is 0.0202 e. The van der Waals surface area contributed by atoms with Crippen LogP contribution in [0.3, 0.4) is 0 Å². The number of rotatable bonds is 0. The molecule has 0 heteroatoms. The third-order valence-corrected chi connectivity index (χ3v) is 8.41. The van der Waals surface area contributed by atoms with Crippen molar-refractivity contribution in [2.75, 3.05) is 0 Å². The molecule has 0 amide bonds. The van der Waals surface area contributed by atoms with E-state index in [1.54, 1.807) is 5.57 Å². The Morgan fingerprint density at radius 2 is 1.70 bits per heavy atom. The molecule has 0 heterocycles. The number of fused-ring (bicyclic) bond motifs is 3. The fourth-order valence-corrected chi connectivity index (χ4v) is 7.56. The summed E-state index contributed by atoms with van der Waals surface area (Å²) in [6.45, 7) is 12.3. The van der Waals surface area contributed by atoms with E-state index in [9.17, 15) is 0 Å². The zero-order chi connectivity index (χ0) is 14.2. The van der Waals surface area contributed by atoms with Crippen LogP contribution >= 0.6 is 0 Å². The van der Waals surface area contributed by atoms with Gasteiger partial charge < -0.3 is 0 Å². The van der Waals surface area contributed by atoms with Crippen molar-refractivity contribution in [3.63, 3.8) is 0 Å². The van der Waals surface area contributed by atoms with Crippen molar-refractivity contribution in [2.45, 2.75) is 78.6 Å². The van der Waals surface area contributed by atoms with Crippen molar-refractivity contribution in [1.82, 2.24) is 0 Å². The topological polar surface area (TPSA) is 0 Å². The average Bonchev–Trinajstić information content (AvgIpc) is 2.37. The first-order valence-corrected chi connectivity index (χ1v) is 9.05. The number of hydrogen-bond donors (Lipinski definition) is 0. The van der Waals surface area contributed by atoms with Gasteiger partial charge in [0.15, 0.2) is 0 Å². The highest BCUT2D eigenvalue weighted by molar-refractivity contribution is 5.21. The zero-order valence-corrected chi connectivity index (χ0v) is 13.8. The van der Waals surface area contributed by atoms with Gasteiger partial charge in [-0.3, -0.25) is 0 Å². The molecule has 0 aromatic carbocycles. The molecule has 112 valence electrons. The molecule has 0 radical (unpaired) electrons. The summed E-state index contributed by atoms with van der Waals surface area (Å²) in [5, 5.41) is 0. The second-order valence-electron chi connectivity index (χ2n) is 9.66. The Hall–Kier alpha value is -0.260. The van der Waals surface area contributed by atoms with Crippen LogP contribution in [-0.2, 0) is 0 Å². The van der Waals surface area contributed by atoms with Gasteiger partial charge in [0, 0.05) is 0 Å². The quantitative estimate of drug-likeness (QED) is 0.476. The molecule has 0 aromatic heterocycles. The van der Waals surface area contributed by atoms with E-state index in [0.717, 1.165) is 17.8 Å². The summed E-state index contributed by atoms with van der Waals surface area (Å²) >= 11 is 0. The fraction of sp³-hybridized carbons (Fsp3) is 0.900. The van der Waals surface area contributed by atoms with Gasteiger partial charge in [-0.15, -0.1) is 0 Å². The van der Waals surface area contributed by atoms with E-state index in [1.807, 2.05) is 0 Å². The maximum Gasteiger partial charge on any atom is -0.0202 e. The third kappa shape index (κ3) is 1.54. The molecular formula is C20H32. The molecule has 0 aromatic rings. The Bertz CT molecular complexity index is 445. The van der Waals surface area contributed by atoms with Gasteiger partial charge in [-0.05, 0) is 85.4 Å². The first-order valence-electron chi connectivity index (χ1n) is 9.05. The molecule has 1 unspecified atom stereocenters. The predicted molar refractivity (Wildman–Crippen MR) is 85.5 cm³/mol. The second-order valence-corrected chi connectivity index (χ2v) is 9.66. The standard InChI is InChI=1S/C20H32/c1-14-13-20-10-6-15(14)12-17(20)19(4)9-5-8-18(2,3)16(19)7-11-20/h15-17H,1,5-13H2,2-4H3/t15-,16?,17-,19+,20+/m0/s1. The van der Waals surface area contributed by atoms with E-state index in [0.29, 0.717) is 16.2 Å². The van der Waals surface area contributed by atoms with Gasteiger partial charge in [-0.1, -0.05) is 39.3 Å². The summed E-state index contributed by atoms with van der Waals surface area (Å²) in [7, 11) is 0. The first kappa shape index (κ1) is 13.4. The molecule has 1 spiro atoms. The lowest BCUT2D eigenvalue weighted by Gasteiger charge is -2.68. The van der Waals surface area contributed by atoms with Gasteiger partial charge in [0.2, 0.25) is 0 Å². The lowest BCUT2D eigenvalue weighted by atomic mass is 9.37. The van der Waals surface area contributed by atoms with Crippen molar-refractivity contribution < 1.29 is 0 Å². The maximum absolute atomic E-state index is 4.44. The number of hydrogen-bond acceptors (Lipinski definition) is 0. The SMILES string of the molecule is C=C1C[C@@]23CCC4C(C)(C)CCC[C@@]4(C)[C@@H]2C[C@@H]1CC3. The average molecular weight is 272 g/mol. The Balaban J connectivity index is 1.75. The summed E-state index contributed by atoms with van der Waals surface area (Å²) in [4.78, 5) is 0. The van der Waals surface area contributed by atoms with Crippen molar-refractivity contribution in [1.29, 1.82) is 0 Å². The highest BCUT2D eigenvalue weighted by Gasteiger charge is 2.62. The lowest BCUT2D eigenvalue weighted by molar-refractivity contribution is -0.167. The van der Waals surface area contributed by atoms with Gasteiger partial charge in [-0.2, -0.15) is 0 Å². The highest BCUT2D eigenvalue weighted by atomic mass is 14.7. The molecule has 5 atom stereocenters. The van der Waals surface area contributed by atoms with Gasteiger partial charge in [-0.25, -0.2) is 0 Å². The zero-order valence-electron chi connectivity index (χ0n) is 13.8. The van der Waals surface area contributed by atoms with Crippen molar-refractivity contribution in [3.05, 3.63) is 12.2 Å². The molecule has 0 saturated heterocycles. The normalized spacial score (nSPS) is 53.4. The Labute approximate surface area is 125 Å². The molecule has 5 saturated carbocycles. The molecular weight excluding hydrogens is 240 g/mol. The van der Waals surface area contributed by atoms with Gasteiger partial charge in [0.25, 0.3) is 0 Å². The summed E-state index contributed by atoms with van der Waals surface area (Å²) in [5.74, 6) is 2.87. The van der Waals surface area contributed by atoms with E-state index in [1.165, 1.54) is 57.8 Å². The monoisotopic (exact) mass is 272 g/mol. The Morgan fingerprint density at radius 3 is 2.45 bits per heavy atom. The lowest BCUT2D eigenvalue weighted by Crippen LogP contribution is -2.59. The van der Waals surface area contributed by atoms with Crippen LogP contribution in [0.5, 0.6) is 0 Å². The van der Waals surface area contributed by atoms with Crippen LogP contribution in [0.4, 0.5) is 0 Å². The molecule has 5 rings (SSSR count). The molecule has 0 N–H and O–H groups in total. The molecule has 5 aliphatic rings. The molecule has 0 aliphatic heterocycles. The van der Waals surface area contributed by atoms with E-state index in [2.05, 4.69) is 27.4 Å². The van der Waals surface area contributed by atoms with Gasteiger partial charge in [0.05, 0.1) is 0 Å². The highest BCUT2D eigenvalue weighted by Crippen LogP contribution is 2.71. The van der Waals surface area contributed by atoms with Crippen molar-refractivity contribution in [3.8, 4) is 0 Å². The Morgan fingerprint density at radius 1 is 0.950 bits per heavy atom. The minimum Gasteiger partial charge on any atom is -0.0996 e. The minimum absolute atomic E-state index is 0.586. The van der Waals surface area contributed by atoms with E-state index < -0.39 is 0 Å². The van der Waals surface area contributed by atoms with Gasteiger partial charge in [0.1, 0.15) is 0 Å². The molecule has 5 aliphatic carbocycles. The minimum atomic E-state index is 0.586. The first-order chi connectivity index (χ1) is 9.37. The molecule has 0 nitrogen and oxygen atoms in total. The molecule has 5 fully saturated rings. The van der Waals surface area contributed by atoms with Crippen LogP contribution in [0.15, 0.2) is 12.2 Å². The summed E-state index contributed by atoms with van der Waals surface area (Å²) in [6, 6.07) is 0. The van der Waals surface area contributed by atoms with Crippen LogP contribution in [0.2, 0.25) is 0 Å². The number of allylic oxidation sites excluding steroid dienone is 1. The van der Waals surface area contributed by atoms with E-state index in [-0.39, 0.29) is 0 Å². The van der Waals surface area contributed by atoms with Crippen LogP contribution < -0.4 is 0 Å². The fourth-order valence-electron chi connectivity index (χ4n) is 7.56. The maximum atomic E-state index is 4.44. The predicted octanol–water partition coefficient (Wildman–Crippen LogP) is 5.98. The Kier molecular flexibility index (Phi) is 2.63. The van der Waals surface area contributed by atoms with E-state index in [4.69, 9.17) is 0 Å². The largest absolute Gasteiger partial charge is 0.0996 e. The van der Waals surface area contributed by atoms with Crippen molar-refractivity contribution in [2.24, 2.45) is 34.0 Å². The second kappa shape index (κ2) is 3.93. The molecule has 20 heavy (non-hydrogen) atoms. The van der Waals surface area contributed by atoms with Crippen LogP contribution in [0.25, 0.3) is 0 Å². The summed E-state index contributed by atoms with van der Waals surface area (Å²) in [5.41, 5.74) is 3.51. The van der Waals surface area contributed by atoms with E-state index >= 15 is 0 Å². The summed E-state index contributed by atoms with van der Waals surface area (Å²) in [6.07, 6.45) is 13.3. The van der Waals surface area contributed by atoms with Gasteiger partial charge >= 0.3 is 0 Å². The summed E-state index contributed by atoms with van der Waals surface area (Å²) < 4.78 is 0. The van der Waals surface area contributed by atoms with Crippen molar-refractivity contribution >= 4 is 0 Å². The van der Waals surface area contributed by atoms with Crippen LogP contribution in [-0.4, -0.2) is 0 Å². The van der Waals surface area contributed by atoms with Crippen LogP contribution in [0.1, 0.15) is 78.6 Å². The molecule has 2 bridgehead atoms.